The van der Waals surface area contributed by atoms with E-state index in [1.165, 1.54) is 6.07 Å². The third-order valence-corrected chi connectivity index (χ3v) is 4.31. The smallest absolute Gasteiger partial charge is 0.266 e. The van der Waals surface area contributed by atoms with E-state index in [0.717, 1.165) is 5.56 Å². The Bertz CT molecular complexity index is 952. The fourth-order valence-electron chi connectivity index (χ4n) is 2.71. The first kappa shape index (κ1) is 18.6. The highest BCUT2D eigenvalue weighted by molar-refractivity contribution is 5.94. The first-order chi connectivity index (χ1) is 13.0. The van der Waals surface area contributed by atoms with E-state index in [0.29, 0.717) is 23.3 Å². The maximum atomic E-state index is 14.0. The maximum Gasteiger partial charge on any atom is 0.266 e. The fourth-order valence-corrected chi connectivity index (χ4v) is 2.71. The van der Waals surface area contributed by atoms with Crippen molar-refractivity contribution in [1.82, 2.24) is 5.16 Å². The predicted octanol–water partition coefficient (Wildman–Crippen LogP) is 4.89. The van der Waals surface area contributed by atoms with Gasteiger partial charge in [-0.3, -0.25) is 4.79 Å². The number of carbonyl (C=O) groups excluding carboxylic acids is 1. The number of aryl methyl sites for hydroxylation is 1. The molecule has 0 saturated heterocycles. The molecule has 0 aliphatic heterocycles. The molecular weight excluding hydrogens is 347 g/mol. The van der Waals surface area contributed by atoms with Crippen LogP contribution in [0.1, 0.15) is 24.5 Å². The van der Waals surface area contributed by atoms with Gasteiger partial charge < -0.3 is 14.6 Å². The molecule has 0 radical (unpaired) electrons. The predicted molar refractivity (Wildman–Crippen MR) is 101 cm³/mol. The van der Waals surface area contributed by atoms with E-state index in [1.54, 1.807) is 25.1 Å². The van der Waals surface area contributed by atoms with Crippen LogP contribution in [-0.2, 0) is 4.79 Å². The van der Waals surface area contributed by atoms with Crippen molar-refractivity contribution in [2.75, 3.05) is 5.32 Å². The third-order valence-electron chi connectivity index (χ3n) is 4.31. The van der Waals surface area contributed by atoms with Crippen LogP contribution in [0.2, 0.25) is 0 Å². The second kappa shape index (κ2) is 8.03. The zero-order chi connectivity index (χ0) is 19.4. The van der Waals surface area contributed by atoms with E-state index < -0.39 is 11.9 Å². The number of benzene rings is 2. The van der Waals surface area contributed by atoms with Gasteiger partial charge in [0, 0.05) is 5.56 Å². The van der Waals surface area contributed by atoms with E-state index in [1.807, 2.05) is 38.1 Å². The molecule has 0 saturated carbocycles. The zero-order valence-corrected chi connectivity index (χ0v) is 15.5. The highest BCUT2D eigenvalue weighted by Gasteiger charge is 2.23. The van der Waals surface area contributed by atoms with Crippen LogP contribution >= 0.6 is 0 Å². The average molecular weight is 368 g/mol. The summed E-state index contributed by atoms with van der Waals surface area (Å²) in [7, 11) is 0. The molecule has 3 rings (SSSR count). The van der Waals surface area contributed by atoms with E-state index in [9.17, 15) is 9.18 Å². The van der Waals surface area contributed by atoms with Crippen molar-refractivity contribution < 1.29 is 18.4 Å². The lowest BCUT2D eigenvalue weighted by molar-refractivity contribution is -0.122. The summed E-state index contributed by atoms with van der Waals surface area (Å²) in [6.45, 7) is 5.50. The molecular formula is C21H21FN2O3. The third kappa shape index (κ3) is 4.00. The van der Waals surface area contributed by atoms with Gasteiger partial charge in [-0.1, -0.05) is 42.4 Å². The van der Waals surface area contributed by atoms with Crippen LogP contribution in [0.5, 0.6) is 5.75 Å². The number of carbonyl (C=O) groups is 1. The number of nitrogens with zero attached hydrogens (tertiary/aromatic N) is 1. The number of ether oxygens (including phenoxy) is 1. The zero-order valence-electron chi connectivity index (χ0n) is 15.5. The Morgan fingerprint density at radius 3 is 2.59 bits per heavy atom. The minimum absolute atomic E-state index is 0.255. The molecule has 0 aliphatic rings. The summed E-state index contributed by atoms with van der Waals surface area (Å²) in [5.74, 6) is 0.450. The van der Waals surface area contributed by atoms with Crippen LogP contribution in [0.3, 0.4) is 0 Å². The summed E-state index contributed by atoms with van der Waals surface area (Å²) in [5.41, 5.74) is 1.80. The fraction of sp³-hybridized carbons (Fsp3) is 0.238. The molecule has 3 aromatic rings. The number of hydrogen-bond donors (Lipinski definition) is 1. The summed E-state index contributed by atoms with van der Waals surface area (Å²) in [6, 6.07) is 13.8. The Morgan fingerprint density at radius 2 is 1.89 bits per heavy atom. The molecule has 140 valence electrons. The largest absolute Gasteiger partial charge is 0.480 e. The molecule has 1 aromatic heterocycles. The molecule has 6 heteroatoms. The lowest BCUT2D eigenvalue weighted by atomic mass is 10.1. The van der Waals surface area contributed by atoms with Crippen molar-refractivity contribution in [3.63, 3.8) is 0 Å². The summed E-state index contributed by atoms with van der Waals surface area (Å²) in [5, 5.41) is 6.60. The van der Waals surface area contributed by atoms with Crippen molar-refractivity contribution in [2.24, 2.45) is 0 Å². The van der Waals surface area contributed by atoms with Crippen LogP contribution in [0, 0.1) is 19.7 Å². The summed E-state index contributed by atoms with van der Waals surface area (Å²) >= 11 is 0. The molecule has 1 N–H and O–H groups in total. The van der Waals surface area contributed by atoms with Crippen molar-refractivity contribution >= 4 is 11.7 Å². The van der Waals surface area contributed by atoms with E-state index in [4.69, 9.17) is 9.26 Å². The van der Waals surface area contributed by atoms with Gasteiger partial charge in [0.05, 0.1) is 5.56 Å². The molecule has 0 fully saturated rings. The van der Waals surface area contributed by atoms with Crippen LogP contribution in [0.15, 0.2) is 53.1 Å². The normalized spacial score (nSPS) is 11.9. The lowest BCUT2D eigenvalue weighted by Gasteiger charge is -2.18. The van der Waals surface area contributed by atoms with E-state index >= 15 is 0 Å². The average Bonchev–Trinajstić information content (AvgIpc) is 3.01. The highest BCUT2D eigenvalue weighted by atomic mass is 19.1. The number of rotatable bonds is 6. The highest BCUT2D eigenvalue weighted by Crippen LogP contribution is 2.30. The Labute approximate surface area is 157 Å². The molecule has 1 unspecified atom stereocenters. The van der Waals surface area contributed by atoms with Crippen molar-refractivity contribution in [3.05, 3.63) is 65.5 Å². The Balaban J connectivity index is 1.77. The van der Waals surface area contributed by atoms with E-state index in [2.05, 4.69) is 10.5 Å². The number of nitrogens with one attached hydrogen (secondary N) is 1. The second-order valence-electron chi connectivity index (χ2n) is 6.23. The Hall–Kier alpha value is -3.15. The van der Waals surface area contributed by atoms with Gasteiger partial charge in [0.2, 0.25) is 0 Å². The monoisotopic (exact) mass is 368 g/mol. The summed E-state index contributed by atoms with van der Waals surface area (Å²) < 4.78 is 25.1. The number of hydrogen-bond acceptors (Lipinski definition) is 4. The number of amides is 1. The van der Waals surface area contributed by atoms with Gasteiger partial charge in [0.15, 0.2) is 17.7 Å². The van der Waals surface area contributed by atoms with Crippen LogP contribution < -0.4 is 10.1 Å². The second-order valence-corrected chi connectivity index (χ2v) is 6.23. The van der Waals surface area contributed by atoms with Gasteiger partial charge in [-0.15, -0.1) is 0 Å². The summed E-state index contributed by atoms with van der Waals surface area (Å²) in [4.78, 5) is 12.6. The molecule has 0 aliphatic carbocycles. The van der Waals surface area contributed by atoms with Crippen molar-refractivity contribution in [2.45, 2.75) is 33.3 Å². The SMILES string of the molecule is CCC(Oc1ccccc1C)C(=O)Nc1noc(-c2ccccc2F)c1C. The Morgan fingerprint density at radius 1 is 1.19 bits per heavy atom. The Kier molecular flexibility index (Phi) is 5.54. The standard InChI is InChI=1S/C21H21FN2O3/c1-4-17(26-18-12-8-5-9-13(18)2)21(25)23-20-14(3)19(27-24-20)15-10-6-7-11-16(15)22/h5-12,17H,4H2,1-3H3,(H,23,24,25). The molecule has 5 nitrogen and oxygen atoms in total. The first-order valence-corrected chi connectivity index (χ1v) is 8.75. The summed E-state index contributed by atoms with van der Waals surface area (Å²) in [6.07, 6.45) is -0.198. The number of aromatic nitrogens is 1. The topological polar surface area (TPSA) is 64.4 Å². The molecule has 0 spiro atoms. The number of para-hydroxylation sites is 1. The van der Waals surface area contributed by atoms with Crippen LogP contribution in [0.25, 0.3) is 11.3 Å². The van der Waals surface area contributed by atoms with Crippen molar-refractivity contribution in [3.8, 4) is 17.1 Å². The van der Waals surface area contributed by atoms with Gasteiger partial charge in [0.1, 0.15) is 11.6 Å². The molecule has 2 aromatic carbocycles. The lowest BCUT2D eigenvalue weighted by Crippen LogP contribution is -2.32. The van der Waals surface area contributed by atoms with Crippen LogP contribution in [0.4, 0.5) is 10.2 Å². The minimum Gasteiger partial charge on any atom is -0.480 e. The van der Waals surface area contributed by atoms with Crippen molar-refractivity contribution in [1.29, 1.82) is 0 Å². The molecule has 1 amide bonds. The molecule has 1 atom stereocenters. The number of halogens is 1. The number of anilines is 1. The van der Waals surface area contributed by atoms with E-state index in [-0.39, 0.29) is 17.5 Å². The van der Waals surface area contributed by atoms with Gasteiger partial charge in [-0.2, -0.15) is 0 Å². The van der Waals surface area contributed by atoms with Crippen LogP contribution in [-0.4, -0.2) is 17.2 Å². The van der Waals surface area contributed by atoms with Gasteiger partial charge in [0.25, 0.3) is 5.91 Å². The minimum atomic E-state index is -0.681. The quantitative estimate of drug-likeness (QED) is 0.672. The maximum absolute atomic E-state index is 14.0. The van der Waals surface area contributed by atoms with Gasteiger partial charge in [-0.25, -0.2) is 4.39 Å². The molecule has 0 bridgehead atoms. The van der Waals surface area contributed by atoms with Gasteiger partial charge >= 0.3 is 0 Å². The molecule has 27 heavy (non-hydrogen) atoms. The molecule has 1 heterocycles. The first-order valence-electron chi connectivity index (χ1n) is 8.75. The van der Waals surface area contributed by atoms with Gasteiger partial charge in [-0.05, 0) is 44.0 Å².